The first-order valence-corrected chi connectivity index (χ1v) is 5.59. The first-order valence-electron chi connectivity index (χ1n) is 5.59. The van der Waals surface area contributed by atoms with Gasteiger partial charge >= 0.3 is 6.18 Å². The molecule has 2 rings (SSSR count). The van der Waals surface area contributed by atoms with Gasteiger partial charge in [-0.2, -0.15) is 13.2 Å². The first kappa shape index (κ1) is 15.8. The quantitative estimate of drug-likeness (QED) is 0.405. The molecule has 1 aromatic carbocycles. The maximum Gasteiger partial charge on any atom is 0.422 e. The van der Waals surface area contributed by atoms with Crippen LogP contribution in [-0.2, 0) is 6.18 Å². The third-order valence-electron chi connectivity index (χ3n) is 2.53. The van der Waals surface area contributed by atoms with Crippen LogP contribution in [0, 0.1) is 35.1 Å². The number of nitrogens with zero attached hydrogens (tertiary/aromatic N) is 1. The zero-order valence-electron chi connectivity index (χ0n) is 10.4. The van der Waals surface area contributed by atoms with E-state index < -0.39 is 40.6 Å². The van der Waals surface area contributed by atoms with Gasteiger partial charge in [-0.25, -0.2) is 22.5 Å². The third kappa shape index (κ3) is 2.88. The summed E-state index contributed by atoms with van der Waals surface area (Å²) in [5.41, 5.74) is -4.05. The minimum absolute atomic E-state index is 0.0158. The summed E-state index contributed by atoms with van der Waals surface area (Å²) in [6.45, 7) is 0. The largest absolute Gasteiger partial charge is 0.422 e. The predicted molar refractivity (Wildman–Crippen MR) is 61.5 cm³/mol. The molecule has 0 radical (unpaired) electrons. The van der Waals surface area contributed by atoms with E-state index in [0.29, 0.717) is 0 Å². The molecule has 1 heterocycles. The van der Waals surface area contributed by atoms with Crippen LogP contribution in [0.1, 0.15) is 16.8 Å². The molecule has 0 saturated carbocycles. The lowest BCUT2D eigenvalue weighted by Gasteiger charge is -2.11. The van der Waals surface area contributed by atoms with E-state index in [0.717, 1.165) is 0 Å². The third-order valence-corrected chi connectivity index (χ3v) is 2.53. The van der Waals surface area contributed by atoms with Gasteiger partial charge in [0.2, 0.25) is 0 Å². The summed E-state index contributed by atoms with van der Waals surface area (Å²) in [6, 6.07) is 4.33. The summed E-state index contributed by atoms with van der Waals surface area (Å²) in [4.78, 5) is 3.67. The standard InChI is InChI=1S/C14H4F7N/c15-10-8(5-4-7-3-1-2-6-22-7)11(16)13(18)9(12(10)17)14(19,20)21/h1-3,6H. The van der Waals surface area contributed by atoms with Crippen molar-refractivity contribution < 1.29 is 30.7 Å². The number of rotatable bonds is 0. The number of halogens is 7. The second kappa shape index (κ2) is 5.67. The van der Waals surface area contributed by atoms with Crippen molar-refractivity contribution in [1.29, 1.82) is 0 Å². The molecule has 114 valence electrons. The van der Waals surface area contributed by atoms with Gasteiger partial charge in [-0.05, 0) is 18.1 Å². The Morgan fingerprint density at radius 3 is 1.86 bits per heavy atom. The smallest absolute Gasteiger partial charge is 0.248 e. The molecular weight excluding hydrogens is 315 g/mol. The van der Waals surface area contributed by atoms with E-state index in [-0.39, 0.29) is 5.69 Å². The Kier molecular flexibility index (Phi) is 4.08. The minimum atomic E-state index is -5.58. The van der Waals surface area contributed by atoms with Crippen LogP contribution in [0.4, 0.5) is 30.7 Å². The highest BCUT2D eigenvalue weighted by Crippen LogP contribution is 2.36. The molecule has 1 nitrogen and oxygen atoms in total. The topological polar surface area (TPSA) is 12.9 Å². The molecule has 8 heteroatoms. The zero-order chi connectivity index (χ0) is 16.5. The van der Waals surface area contributed by atoms with Crippen LogP contribution in [-0.4, -0.2) is 4.98 Å². The molecule has 0 fully saturated rings. The van der Waals surface area contributed by atoms with Crippen LogP contribution in [0.2, 0.25) is 0 Å². The average molecular weight is 319 g/mol. The number of pyridine rings is 1. The number of aromatic nitrogens is 1. The van der Waals surface area contributed by atoms with Crippen molar-refractivity contribution in [2.45, 2.75) is 6.18 Å². The second-order valence-electron chi connectivity index (χ2n) is 3.97. The maximum atomic E-state index is 13.5. The Hall–Kier alpha value is -2.56. The molecule has 0 atom stereocenters. The molecule has 0 aliphatic carbocycles. The molecular formula is C14H4F7N. The van der Waals surface area contributed by atoms with Crippen LogP contribution in [0.25, 0.3) is 0 Å². The van der Waals surface area contributed by atoms with Crippen molar-refractivity contribution in [3.05, 3.63) is 64.5 Å². The first-order chi connectivity index (χ1) is 10.2. The molecule has 0 unspecified atom stereocenters. The Morgan fingerprint density at radius 1 is 0.818 bits per heavy atom. The average Bonchev–Trinajstić information content (AvgIpc) is 2.45. The van der Waals surface area contributed by atoms with Gasteiger partial charge < -0.3 is 0 Å². The summed E-state index contributed by atoms with van der Waals surface area (Å²) in [6.07, 6.45) is -4.28. The number of benzene rings is 1. The van der Waals surface area contributed by atoms with Crippen molar-refractivity contribution in [3.8, 4) is 11.8 Å². The summed E-state index contributed by atoms with van der Waals surface area (Å²) in [5.74, 6) is -5.67. The van der Waals surface area contributed by atoms with Crippen LogP contribution in [0.5, 0.6) is 0 Å². The fraction of sp³-hybridized carbons (Fsp3) is 0.0714. The Labute approximate surface area is 119 Å². The van der Waals surface area contributed by atoms with Crippen LogP contribution >= 0.6 is 0 Å². The van der Waals surface area contributed by atoms with Gasteiger partial charge in [0.1, 0.15) is 16.8 Å². The van der Waals surface area contributed by atoms with Crippen molar-refractivity contribution in [3.63, 3.8) is 0 Å². The van der Waals surface area contributed by atoms with Crippen LogP contribution in [0.15, 0.2) is 24.4 Å². The highest BCUT2D eigenvalue weighted by atomic mass is 19.4. The van der Waals surface area contributed by atoms with Gasteiger partial charge in [0.05, 0.1) is 0 Å². The molecule has 0 amide bonds. The van der Waals surface area contributed by atoms with Crippen LogP contribution < -0.4 is 0 Å². The monoisotopic (exact) mass is 319 g/mol. The van der Waals surface area contributed by atoms with Crippen molar-refractivity contribution in [1.82, 2.24) is 4.98 Å². The second-order valence-corrected chi connectivity index (χ2v) is 3.97. The number of hydrogen-bond acceptors (Lipinski definition) is 1. The van der Waals surface area contributed by atoms with Gasteiger partial charge in [-0.15, -0.1) is 0 Å². The molecule has 0 saturated heterocycles. The van der Waals surface area contributed by atoms with E-state index in [4.69, 9.17) is 0 Å². The Bertz CT molecular complexity index is 741. The van der Waals surface area contributed by atoms with Gasteiger partial charge in [0, 0.05) is 6.20 Å². The highest BCUT2D eigenvalue weighted by molar-refractivity contribution is 5.44. The van der Waals surface area contributed by atoms with E-state index in [2.05, 4.69) is 10.9 Å². The van der Waals surface area contributed by atoms with Gasteiger partial charge in [0.25, 0.3) is 0 Å². The van der Waals surface area contributed by atoms with E-state index >= 15 is 0 Å². The highest BCUT2D eigenvalue weighted by Gasteiger charge is 2.42. The number of hydrogen-bond donors (Lipinski definition) is 0. The molecule has 0 bridgehead atoms. The summed E-state index contributed by atoms with van der Waals surface area (Å²) in [7, 11) is 0. The molecule has 22 heavy (non-hydrogen) atoms. The van der Waals surface area contributed by atoms with Gasteiger partial charge in [0.15, 0.2) is 23.3 Å². The van der Waals surface area contributed by atoms with E-state index in [1.54, 1.807) is 5.92 Å². The SMILES string of the molecule is Fc1c(F)c(C(F)(F)F)c(F)c(F)c1C#Cc1ccccn1. The fourth-order valence-electron chi connectivity index (χ4n) is 1.55. The molecule has 0 aliphatic rings. The lowest BCUT2D eigenvalue weighted by Crippen LogP contribution is -2.16. The molecule has 0 aliphatic heterocycles. The Morgan fingerprint density at radius 2 is 1.41 bits per heavy atom. The number of alkyl halides is 3. The molecule has 2 aromatic rings. The lowest BCUT2D eigenvalue weighted by molar-refractivity contribution is -0.143. The summed E-state index contributed by atoms with van der Waals surface area (Å²) < 4.78 is 90.9. The zero-order valence-corrected chi connectivity index (χ0v) is 10.4. The van der Waals surface area contributed by atoms with Crippen molar-refractivity contribution in [2.75, 3.05) is 0 Å². The molecule has 1 aromatic heterocycles. The normalized spacial score (nSPS) is 11.0. The molecule has 0 N–H and O–H groups in total. The fourth-order valence-corrected chi connectivity index (χ4v) is 1.55. The minimum Gasteiger partial charge on any atom is -0.248 e. The molecule has 0 spiro atoms. The Balaban J connectivity index is 2.63. The van der Waals surface area contributed by atoms with Crippen molar-refractivity contribution in [2.24, 2.45) is 0 Å². The van der Waals surface area contributed by atoms with E-state index in [1.807, 2.05) is 0 Å². The summed E-state index contributed by atoms with van der Waals surface area (Å²) in [5, 5.41) is 0. The predicted octanol–water partition coefficient (Wildman–Crippen LogP) is 4.06. The van der Waals surface area contributed by atoms with Crippen LogP contribution in [0.3, 0.4) is 0 Å². The van der Waals surface area contributed by atoms with Gasteiger partial charge in [-0.3, -0.25) is 0 Å². The van der Waals surface area contributed by atoms with E-state index in [1.165, 1.54) is 24.4 Å². The maximum absolute atomic E-state index is 13.5. The lowest BCUT2D eigenvalue weighted by atomic mass is 10.1. The summed E-state index contributed by atoms with van der Waals surface area (Å²) >= 11 is 0. The van der Waals surface area contributed by atoms with Crippen molar-refractivity contribution >= 4 is 0 Å². The van der Waals surface area contributed by atoms with E-state index in [9.17, 15) is 30.7 Å². The van der Waals surface area contributed by atoms with Gasteiger partial charge in [-0.1, -0.05) is 12.0 Å².